The molecule has 2 heterocycles. The van der Waals surface area contributed by atoms with Gasteiger partial charge in [-0.3, -0.25) is 4.79 Å². The molecule has 1 aliphatic heterocycles. The first-order chi connectivity index (χ1) is 9.22. The highest BCUT2D eigenvalue weighted by Gasteiger charge is 2.20. The minimum atomic E-state index is 0.188. The molecule has 4 heteroatoms. The van der Waals surface area contributed by atoms with Crippen molar-refractivity contribution in [2.24, 2.45) is 0 Å². The van der Waals surface area contributed by atoms with Crippen LogP contribution in [0.1, 0.15) is 16.0 Å². The maximum atomic E-state index is 12.3. The normalized spacial score (nSPS) is 14.3. The van der Waals surface area contributed by atoms with Gasteiger partial charge in [0.25, 0.3) is 0 Å². The lowest BCUT2D eigenvalue weighted by molar-refractivity contribution is -0.131. The molecule has 1 aromatic carbocycles. The second-order valence-corrected chi connectivity index (χ2v) is 6.52. The average molecular weight is 292 g/mol. The molecule has 0 spiro atoms. The predicted molar refractivity (Wildman–Crippen MR) is 78.6 cm³/mol. The molecule has 0 unspecified atom stereocenters. The molecule has 1 aliphatic rings. The predicted octanol–water partition coefficient (Wildman–Crippen LogP) is 3.53. The molecule has 0 aliphatic carbocycles. The molecule has 0 atom stereocenters. The third kappa shape index (κ3) is 2.82. The van der Waals surface area contributed by atoms with Crippen LogP contribution < -0.4 is 0 Å². The summed E-state index contributed by atoms with van der Waals surface area (Å²) in [6.07, 6.45) is 1.41. The van der Waals surface area contributed by atoms with Crippen LogP contribution in [0.25, 0.3) is 0 Å². The third-order valence-corrected chi connectivity index (χ3v) is 4.67. The van der Waals surface area contributed by atoms with Crippen LogP contribution in [0.15, 0.2) is 36.4 Å². The van der Waals surface area contributed by atoms with E-state index in [4.69, 9.17) is 11.6 Å². The molecule has 0 fully saturated rings. The molecular formula is C15H14ClNOS. The van der Waals surface area contributed by atoms with Gasteiger partial charge in [-0.1, -0.05) is 35.9 Å². The van der Waals surface area contributed by atoms with Crippen molar-refractivity contribution in [3.05, 3.63) is 56.7 Å². The summed E-state index contributed by atoms with van der Waals surface area (Å²) in [5, 5.41) is 0. The van der Waals surface area contributed by atoms with E-state index in [1.54, 1.807) is 0 Å². The zero-order valence-electron chi connectivity index (χ0n) is 10.4. The lowest BCUT2D eigenvalue weighted by Gasteiger charge is -2.28. The van der Waals surface area contributed by atoms with Crippen molar-refractivity contribution in [2.75, 3.05) is 6.54 Å². The topological polar surface area (TPSA) is 20.3 Å². The summed E-state index contributed by atoms with van der Waals surface area (Å²) in [5.74, 6) is 0.188. The highest BCUT2D eigenvalue weighted by atomic mass is 35.5. The zero-order valence-corrected chi connectivity index (χ0v) is 12.0. The summed E-state index contributed by atoms with van der Waals surface area (Å²) in [6, 6.07) is 12.1. The first-order valence-electron chi connectivity index (χ1n) is 6.31. The van der Waals surface area contributed by atoms with Gasteiger partial charge in [-0.25, -0.2) is 0 Å². The van der Waals surface area contributed by atoms with E-state index < -0.39 is 0 Å². The number of amides is 1. The number of thiophene rings is 1. The van der Waals surface area contributed by atoms with Crippen LogP contribution in [-0.4, -0.2) is 17.4 Å². The molecular weight excluding hydrogens is 278 g/mol. The lowest BCUT2D eigenvalue weighted by atomic mass is 10.00. The standard InChI is InChI=1S/C15H14ClNOS/c16-14-6-5-13(19-14)9-15(18)17-8-7-11-3-1-2-4-12(11)10-17/h1-6H,7-10H2. The highest BCUT2D eigenvalue weighted by Crippen LogP contribution is 2.24. The first-order valence-corrected chi connectivity index (χ1v) is 7.50. The lowest BCUT2D eigenvalue weighted by Crippen LogP contribution is -2.36. The van der Waals surface area contributed by atoms with E-state index in [0.717, 1.165) is 28.7 Å². The van der Waals surface area contributed by atoms with E-state index in [1.807, 2.05) is 23.1 Å². The van der Waals surface area contributed by atoms with Crippen LogP contribution >= 0.6 is 22.9 Å². The Morgan fingerprint density at radius 1 is 1.21 bits per heavy atom. The van der Waals surface area contributed by atoms with E-state index in [-0.39, 0.29) is 5.91 Å². The molecule has 0 saturated carbocycles. The van der Waals surface area contributed by atoms with Gasteiger partial charge in [-0.2, -0.15) is 0 Å². The Bertz CT molecular complexity index is 608. The summed E-state index contributed by atoms with van der Waals surface area (Å²) in [5.41, 5.74) is 2.64. The summed E-state index contributed by atoms with van der Waals surface area (Å²) in [7, 11) is 0. The van der Waals surface area contributed by atoms with Crippen LogP contribution in [0.5, 0.6) is 0 Å². The van der Waals surface area contributed by atoms with Gasteiger partial charge in [-0.15, -0.1) is 11.3 Å². The Labute approximate surface area is 121 Å². The summed E-state index contributed by atoms with van der Waals surface area (Å²) >= 11 is 7.37. The van der Waals surface area contributed by atoms with E-state index in [0.29, 0.717) is 6.42 Å². The van der Waals surface area contributed by atoms with Crippen LogP contribution in [0.3, 0.4) is 0 Å². The number of fused-ring (bicyclic) bond motifs is 1. The number of halogens is 1. The quantitative estimate of drug-likeness (QED) is 0.829. The van der Waals surface area contributed by atoms with Gasteiger partial charge in [0.15, 0.2) is 0 Å². The minimum Gasteiger partial charge on any atom is -0.338 e. The zero-order chi connectivity index (χ0) is 13.2. The number of carbonyl (C=O) groups is 1. The van der Waals surface area contributed by atoms with Gasteiger partial charge in [0, 0.05) is 18.0 Å². The molecule has 1 aromatic heterocycles. The van der Waals surface area contributed by atoms with Crippen LogP contribution in [0.2, 0.25) is 4.34 Å². The maximum Gasteiger partial charge on any atom is 0.228 e. The maximum absolute atomic E-state index is 12.3. The summed E-state index contributed by atoms with van der Waals surface area (Å²) < 4.78 is 0.742. The van der Waals surface area contributed by atoms with E-state index >= 15 is 0 Å². The summed E-state index contributed by atoms with van der Waals surface area (Å²) in [6.45, 7) is 1.54. The van der Waals surface area contributed by atoms with Crippen molar-refractivity contribution in [3.63, 3.8) is 0 Å². The third-order valence-electron chi connectivity index (χ3n) is 3.44. The Morgan fingerprint density at radius 3 is 2.74 bits per heavy atom. The Morgan fingerprint density at radius 2 is 2.00 bits per heavy atom. The molecule has 98 valence electrons. The van der Waals surface area contributed by atoms with Crippen molar-refractivity contribution in [1.29, 1.82) is 0 Å². The van der Waals surface area contributed by atoms with Gasteiger partial charge in [-0.05, 0) is 29.7 Å². The van der Waals surface area contributed by atoms with Gasteiger partial charge in [0.2, 0.25) is 5.91 Å². The molecule has 1 amide bonds. The molecule has 19 heavy (non-hydrogen) atoms. The van der Waals surface area contributed by atoms with Crippen molar-refractivity contribution in [3.8, 4) is 0 Å². The second-order valence-electron chi connectivity index (χ2n) is 4.72. The molecule has 2 aromatic rings. The molecule has 0 radical (unpaired) electrons. The minimum absolute atomic E-state index is 0.188. The Kier molecular flexibility index (Phi) is 3.58. The van der Waals surface area contributed by atoms with Crippen LogP contribution in [0, 0.1) is 0 Å². The molecule has 0 bridgehead atoms. The molecule has 0 N–H and O–H groups in total. The monoisotopic (exact) mass is 291 g/mol. The highest BCUT2D eigenvalue weighted by molar-refractivity contribution is 7.16. The van der Waals surface area contributed by atoms with Crippen molar-refractivity contribution in [2.45, 2.75) is 19.4 Å². The van der Waals surface area contributed by atoms with Gasteiger partial charge < -0.3 is 4.90 Å². The molecule has 2 nitrogen and oxygen atoms in total. The number of carbonyl (C=O) groups excluding carboxylic acids is 1. The van der Waals surface area contributed by atoms with Gasteiger partial charge >= 0.3 is 0 Å². The van der Waals surface area contributed by atoms with Crippen molar-refractivity contribution >= 4 is 28.8 Å². The van der Waals surface area contributed by atoms with Crippen LogP contribution in [-0.2, 0) is 24.2 Å². The van der Waals surface area contributed by atoms with Gasteiger partial charge in [0.05, 0.1) is 10.8 Å². The van der Waals surface area contributed by atoms with Gasteiger partial charge in [0.1, 0.15) is 0 Å². The number of benzene rings is 1. The fourth-order valence-corrected chi connectivity index (χ4v) is 3.49. The fraction of sp³-hybridized carbons (Fsp3) is 0.267. The fourth-order valence-electron chi connectivity index (χ4n) is 2.42. The summed E-state index contributed by atoms with van der Waals surface area (Å²) in [4.78, 5) is 15.3. The molecule has 3 rings (SSSR count). The van der Waals surface area contributed by atoms with E-state index in [9.17, 15) is 4.79 Å². The van der Waals surface area contributed by atoms with E-state index in [1.165, 1.54) is 22.5 Å². The Balaban J connectivity index is 1.69. The first kappa shape index (κ1) is 12.7. The molecule has 0 saturated heterocycles. The average Bonchev–Trinajstić information content (AvgIpc) is 2.83. The number of hydrogen-bond acceptors (Lipinski definition) is 2. The van der Waals surface area contributed by atoms with E-state index in [2.05, 4.69) is 18.2 Å². The smallest absolute Gasteiger partial charge is 0.228 e. The number of nitrogens with zero attached hydrogens (tertiary/aromatic N) is 1. The SMILES string of the molecule is O=C(Cc1ccc(Cl)s1)N1CCc2ccccc2C1. The second kappa shape index (κ2) is 5.35. The number of hydrogen-bond donors (Lipinski definition) is 0. The van der Waals surface area contributed by atoms with Crippen LogP contribution in [0.4, 0.5) is 0 Å². The Hall–Kier alpha value is -1.32. The number of rotatable bonds is 2. The van der Waals surface area contributed by atoms with Crippen molar-refractivity contribution < 1.29 is 4.79 Å². The van der Waals surface area contributed by atoms with Crippen molar-refractivity contribution in [1.82, 2.24) is 4.90 Å². The largest absolute Gasteiger partial charge is 0.338 e.